The number of carbonyl (C=O) groups excluding carboxylic acids is 3. The van der Waals surface area contributed by atoms with Gasteiger partial charge in [0.2, 0.25) is 0 Å². The van der Waals surface area contributed by atoms with E-state index in [0.29, 0.717) is 48.6 Å². The van der Waals surface area contributed by atoms with E-state index in [9.17, 15) is 24.3 Å². The second-order valence-corrected chi connectivity index (χ2v) is 10.6. The van der Waals surface area contributed by atoms with Crippen molar-refractivity contribution in [3.8, 4) is 22.9 Å². The molecule has 2 aromatic carbocycles. The Hall–Kier alpha value is -5.59. The van der Waals surface area contributed by atoms with Crippen molar-refractivity contribution in [2.75, 3.05) is 40.5 Å². The number of fused-ring (bicyclic) bond motifs is 1. The molecule has 0 bridgehead atoms. The SMILES string of the molecule is COc1cc2c(C(C)=O)c(C)n(-c3ccc(OCCN/C=C(/C(=O)O)C(=O)OCCCCCN4C(=N)C=CC4=O)cc3)c2cc1OC. The molecule has 248 valence electrons. The maximum absolute atomic E-state index is 12.6. The summed E-state index contributed by atoms with van der Waals surface area (Å²) < 4.78 is 23.8. The minimum Gasteiger partial charge on any atom is -0.493 e. The standard InChI is InChI=1S/C34H38N4O9/c1-21-32(22(2)39)25-18-28(44-3)29(45-4)19-27(25)38(21)23-8-10-24(11-9-23)46-17-14-36-20-26(33(41)42)34(43)47-16-7-5-6-15-37-30(35)12-13-31(37)40/h8-13,18-20,35-36H,5-7,14-17H2,1-4H3,(H,41,42)/b26-20-,35-30?. The minimum absolute atomic E-state index is 0.0301. The molecule has 0 unspecified atom stereocenters. The number of carboxylic acid groups (broad SMARTS) is 1. The van der Waals surface area contributed by atoms with E-state index in [2.05, 4.69) is 5.32 Å². The first kappa shape index (κ1) is 34.3. The largest absolute Gasteiger partial charge is 0.493 e. The van der Waals surface area contributed by atoms with Gasteiger partial charge in [0.15, 0.2) is 22.9 Å². The maximum atomic E-state index is 12.6. The van der Waals surface area contributed by atoms with Gasteiger partial charge in [0, 0.05) is 53.8 Å². The molecule has 0 saturated carbocycles. The van der Waals surface area contributed by atoms with Gasteiger partial charge in [-0.3, -0.25) is 19.9 Å². The van der Waals surface area contributed by atoms with E-state index in [1.165, 1.54) is 24.0 Å². The minimum atomic E-state index is -1.42. The van der Waals surface area contributed by atoms with Crippen molar-refractivity contribution in [2.45, 2.75) is 33.1 Å². The lowest BCUT2D eigenvalue weighted by molar-refractivity contribution is -0.144. The Balaban J connectivity index is 1.28. The van der Waals surface area contributed by atoms with Crippen LogP contribution in [0.25, 0.3) is 16.6 Å². The monoisotopic (exact) mass is 646 g/mol. The number of hydrogen-bond donors (Lipinski definition) is 3. The predicted molar refractivity (Wildman–Crippen MR) is 174 cm³/mol. The van der Waals surface area contributed by atoms with Crippen molar-refractivity contribution >= 4 is 40.4 Å². The van der Waals surface area contributed by atoms with Crippen LogP contribution in [-0.4, -0.2) is 84.6 Å². The van der Waals surface area contributed by atoms with E-state index in [-0.39, 0.29) is 37.3 Å². The number of carbonyl (C=O) groups is 4. The summed E-state index contributed by atoms with van der Waals surface area (Å²) in [5.74, 6) is -0.880. The third-order valence-electron chi connectivity index (χ3n) is 7.57. The number of unbranched alkanes of at least 4 members (excludes halogenated alkanes) is 2. The van der Waals surface area contributed by atoms with Crippen molar-refractivity contribution < 1.29 is 43.2 Å². The average Bonchev–Trinajstić information content (AvgIpc) is 3.52. The molecule has 0 atom stereocenters. The van der Waals surface area contributed by atoms with E-state index < -0.39 is 17.5 Å². The normalized spacial score (nSPS) is 12.9. The first-order valence-electron chi connectivity index (χ1n) is 15.0. The summed E-state index contributed by atoms with van der Waals surface area (Å²) in [4.78, 5) is 49.4. The maximum Gasteiger partial charge on any atom is 0.347 e. The summed E-state index contributed by atoms with van der Waals surface area (Å²) in [6.07, 6.45) is 5.62. The van der Waals surface area contributed by atoms with E-state index in [1.54, 1.807) is 32.4 Å². The van der Waals surface area contributed by atoms with Crippen molar-refractivity contribution in [1.29, 1.82) is 5.41 Å². The van der Waals surface area contributed by atoms with E-state index >= 15 is 0 Å². The second-order valence-electron chi connectivity index (χ2n) is 10.6. The van der Waals surface area contributed by atoms with Gasteiger partial charge in [-0.2, -0.15) is 0 Å². The molecular weight excluding hydrogens is 608 g/mol. The van der Waals surface area contributed by atoms with Crippen molar-refractivity contribution in [3.05, 3.63) is 71.6 Å². The molecular formula is C34H38N4O9. The van der Waals surface area contributed by atoms with E-state index in [4.69, 9.17) is 24.4 Å². The number of methoxy groups -OCH3 is 2. The zero-order valence-corrected chi connectivity index (χ0v) is 26.8. The quantitative estimate of drug-likeness (QED) is 0.0483. The van der Waals surface area contributed by atoms with Gasteiger partial charge in [0.25, 0.3) is 5.91 Å². The number of ketones is 1. The van der Waals surface area contributed by atoms with Crippen LogP contribution in [-0.2, 0) is 19.1 Å². The average molecular weight is 647 g/mol. The first-order valence-corrected chi connectivity index (χ1v) is 15.0. The lowest BCUT2D eigenvalue weighted by Crippen LogP contribution is -2.30. The summed E-state index contributed by atoms with van der Waals surface area (Å²) in [5, 5.41) is 20.7. The van der Waals surface area contributed by atoms with Crippen LogP contribution < -0.4 is 19.5 Å². The molecule has 0 fully saturated rings. The number of carboxylic acids is 1. The number of amides is 1. The van der Waals surface area contributed by atoms with Gasteiger partial charge in [-0.1, -0.05) is 0 Å². The fraction of sp³-hybridized carbons (Fsp3) is 0.324. The highest BCUT2D eigenvalue weighted by atomic mass is 16.5. The Labute approximate surface area is 271 Å². The first-order chi connectivity index (χ1) is 22.6. The lowest BCUT2D eigenvalue weighted by Gasteiger charge is -2.15. The van der Waals surface area contributed by atoms with Gasteiger partial charge in [-0.15, -0.1) is 0 Å². The summed E-state index contributed by atoms with van der Waals surface area (Å²) in [5.41, 5.74) is 2.43. The van der Waals surface area contributed by atoms with Gasteiger partial charge in [0.1, 0.15) is 18.2 Å². The summed E-state index contributed by atoms with van der Waals surface area (Å²) in [6, 6.07) is 10.9. The van der Waals surface area contributed by atoms with Crippen molar-refractivity contribution in [1.82, 2.24) is 14.8 Å². The Kier molecular flexibility index (Phi) is 11.4. The number of benzene rings is 2. The Morgan fingerprint density at radius 1 is 0.979 bits per heavy atom. The molecule has 3 N–H and O–H groups in total. The van der Waals surface area contributed by atoms with Crippen LogP contribution in [0.5, 0.6) is 17.2 Å². The number of aliphatic carboxylic acids is 1. The molecule has 47 heavy (non-hydrogen) atoms. The van der Waals surface area contributed by atoms with E-state index in [0.717, 1.165) is 28.5 Å². The Bertz CT molecular complexity index is 1720. The van der Waals surface area contributed by atoms with Crippen LogP contribution in [0, 0.1) is 12.3 Å². The van der Waals surface area contributed by atoms with Gasteiger partial charge in [-0.05, 0) is 69.5 Å². The molecule has 0 radical (unpaired) electrons. The van der Waals surface area contributed by atoms with E-state index in [1.807, 2.05) is 29.7 Å². The summed E-state index contributed by atoms with van der Waals surface area (Å²) >= 11 is 0. The Morgan fingerprint density at radius 2 is 1.68 bits per heavy atom. The Morgan fingerprint density at radius 3 is 2.30 bits per heavy atom. The van der Waals surface area contributed by atoms with Crippen LogP contribution in [0.4, 0.5) is 0 Å². The number of nitrogens with one attached hydrogen (secondary N) is 2. The third-order valence-corrected chi connectivity index (χ3v) is 7.57. The van der Waals surface area contributed by atoms with Gasteiger partial charge < -0.3 is 33.9 Å². The lowest BCUT2D eigenvalue weighted by atomic mass is 10.1. The molecule has 1 aromatic heterocycles. The smallest absolute Gasteiger partial charge is 0.347 e. The molecule has 1 aliphatic heterocycles. The van der Waals surface area contributed by atoms with Crippen LogP contribution >= 0.6 is 0 Å². The highest BCUT2D eigenvalue weighted by molar-refractivity contribution is 6.14. The van der Waals surface area contributed by atoms with Crippen LogP contribution in [0.2, 0.25) is 0 Å². The fourth-order valence-corrected chi connectivity index (χ4v) is 5.29. The van der Waals surface area contributed by atoms with Gasteiger partial charge in [0.05, 0.1) is 26.3 Å². The van der Waals surface area contributed by atoms with Gasteiger partial charge >= 0.3 is 11.9 Å². The molecule has 0 saturated heterocycles. The number of hydrogen-bond acceptors (Lipinski definition) is 10. The number of amidine groups is 1. The number of nitrogens with zero attached hydrogens (tertiary/aromatic N) is 2. The number of esters is 1. The molecule has 2 heterocycles. The number of ether oxygens (including phenoxy) is 4. The topological polar surface area (TPSA) is 169 Å². The fourth-order valence-electron chi connectivity index (χ4n) is 5.29. The molecule has 1 aliphatic rings. The predicted octanol–water partition coefficient (Wildman–Crippen LogP) is 4.18. The van der Waals surface area contributed by atoms with Crippen molar-refractivity contribution in [2.24, 2.45) is 0 Å². The number of rotatable bonds is 17. The number of Topliss-reactive ketones (excluding diaryl/α,β-unsaturated/α-hetero) is 1. The molecule has 0 aliphatic carbocycles. The second kappa shape index (κ2) is 15.6. The highest BCUT2D eigenvalue weighted by Crippen LogP contribution is 2.38. The van der Waals surface area contributed by atoms with Crippen LogP contribution in [0.3, 0.4) is 0 Å². The van der Waals surface area contributed by atoms with Crippen molar-refractivity contribution in [3.63, 3.8) is 0 Å². The molecule has 1 amide bonds. The zero-order valence-electron chi connectivity index (χ0n) is 26.8. The molecule has 3 aromatic rings. The molecule has 13 heteroatoms. The third kappa shape index (κ3) is 7.98. The summed E-state index contributed by atoms with van der Waals surface area (Å²) in [6.45, 7) is 4.24. The number of aromatic nitrogens is 1. The molecule has 13 nitrogen and oxygen atoms in total. The highest BCUT2D eigenvalue weighted by Gasteiger charge is 2.22. The molecule has 0 spiro atoms. The molecule has 4 rings (SSSR count). The van der Waals surface area contributed by atoms with Crippen LogP contribution in [0.1, 0.15) is 42.2 Å². The van der Waals surface area contributed by atoms with Crippen LogP contribution in [0.15, 0.2) is 60.3 Å². The van der Waals surface area contributed by atoms with Gasteiger partial charge in [-0.25, -0.2) is 9.59 Å². The zero-order chi connectivity index (χ0) is 34.1. The summed E-state index contributed by atoms with van der Waals surface area (Å²) in [7, 11) is 3.10.